The molecule has 21 heavy (non-hydrogen) atoms. The first-order chi connectivity index (χ1) is 10.1. The lowest BCUT2D eigenvalue weighted by atomic mass is 10.1. The number of carbonyl (C=O) groups is 1. The van der Waals surface area contributed by atoms with Crippen LogP contribution in [0.3, 0.4) is 0 Å². The third-order valence-electron chi connectivity index (χ3n) is 2.88. The third kappa shape index (κ3) is 2.65. The van der Waals surface area contributed by atoms with Crippen LogP contribution in [-0.4, -0.2) is 36.3 Å². The van der Waals surface area contributed by atoms with E-state index >= 15 is 0 Å². The Labute approximate surface area is 123 Å². The minimum Gasteiger partial charge on any atom is -0.476 e. The molecule has 0 atom stereocenters. The highest BCUT2D eigenvalue weighted by Gasteiger charge is 2.21. The number of carboxylic acids is 1. The van der Waals surface area contributed by atoms with Crippen LogP contribution >= 0.6 is 11.3 Å². The molecule has 0 bridgehead atoms. The van der Waals surface area contributed by atoms with E-state index in [0.717, 1.165) is 10.6 Å². The molecule has 106 valence electrons. The molecule has 3 rings (SSSR count). The van der Waals surface area contributed by atoms with Crippen molar-refractivity contribution in [3.63, 3.8) is 0 Å². The number of hydrogen-bond acceptors (Lipinski definition) is 6. The van der Waals surface area contributed by atoms with E-state index in [9.17, 15) is 9.90 Å². The molecule has 0 aliphatic rings. The fourth-order valence-electron chi connectivity index (χ4n) is 1.94. The zero-order chi connectivity index (χ0) is 14.8. The summed E-state index contributed by atoms with van der Waals surface area (Å²) in [7, 11) is 0. The van der Waals surface area contributed by atoms with Crippen LogP contribution in [0.4, 0.5) is 0 Å². The average Bonchev–Trinajstić information content (AvgIpc) is 3.06. The SMILES string of the molecule is Cc1nnc(-n2nnc(C(=O)O)c2Cc2ccccc2)s1. The summed E-state index contributed by atoms with van der Waals surface area (Å²) >= 11 is 1.34. The molecule has 0 saturated carbocycles. The van der Waals surface area contributed by atoms with Crippen LogP contribution in [-0.2, 0) is 6.42 Å². The lowest BCUT2D eigenvalue weighted by molar-refractivity contribution is 0.0689. The molecule has 1 N–H and O–H groups in total. The van der Waals surface area contributed by atoms with Crippen molar-refractivity contribution in [1.82, 2.24) is 25.2 Å². The van der Waals surface area contributed by atoms with Gasteiger partial charge in [-0.1, -0.05) is 46.9 Å². The van der Waals surface area contributed by atoms with Crippen molar-refractivity contribution >= 4 is 17.3 Å². The first-order valence-electron chi connectivity index (χ1n) is 6.17. The van der Waals surface area contributed by atoms with Gasteiger partial charge in [-0.15, -0.1) is 15.3 Å². The number of aryl methyl sites for hydroxylation is 1. The minimum atomic E-state index is -1.10. The minimum absolute atomic E-state index is 0.0632. The highest BCUT2D eigenvalue weighted by molar-refractivity contribution is 7.13. The van der Waals surface area contributed by atoms with E-state index in [4.69, 9.17) is 0 Å². The van der Waals surface area contributed by atoms with E-state index in [1.165, 1.54) is 16.0 Å². The van der Waals surface area contributed by atoms with Gasteiger partial charge in [0.2, 0.25) is 5.13 Å². The van der Waals surface area contributed by atoms with Crippen LogP contribution in [0.25, 0.3) is 5.13 Å². The monoisotopic (exact) mass is 301 g/mol. The summed E-state index contributed by atoms with van der Waals surface area (Å²) in [5.41, 5.74) is 1.40. The maximum Gasteiger partial charge on any atom is 0.358 e. The van der Waals surface area contributed by atoms with E-state index in [-0.39, 0.29) is 5.69 Å². The Bertz CT molecular complexity index is 781. The molecular weight excluding hydrogens is 290 g/mol. The van der Waals surface area contributed by atoms with Crippen molar-refractivity contribution in [2.75, 3.05) is 0 Å². The van der Waals surface area contributed by atoms with Crippen LogP contribution in [0.2, 0.25) is 0 Å². The molecule has 2 aromatic heterocycles. The highest BCUT2D eigenvalue weighted by atomic mass is 32.1. The normalized spacial score (nSPS) is 10.7. The zero-order valence-corrected chi connectivity index (χ0v) is 11.9. The van der Waals surface area contributed by atoms with Crippen LogP contribution in [0.15, 0.2) is 30.3 Å². The Balaban J connectivity index is 2.07. The van der Waals surface area contributed by atoms with Crippen molar-refractivity contribution in [2.45, 2.75) is 13.3 Å². The van der Waals surface area contributed by atoms with Gasteiger partial charge in [0.15, 0.2) is 5.69 Å². The summed E-state index contributed by atoms with van der Waals surface area (Å²) < 4.78 is 1.45. The summed E-state index contributed by atoms with van der Waals surface area (Å²) in [6.45, 7) is 1.83. The predicted molar refractivity (Wildman–Crippen MR) is 75.8 cm³/mol. The van der Waals surface area contributed by atoms with Crippen LogP contribution in [0.1, 0.15) is 26.8 Å². The van der Waals surface area contributed by atoms with E-state index in [1.807, 2.05) is 37.3 Å². The van der Waals surface area contributed by atoms with E-state index < -0.39 is 5.97 Å². The van der Waals surface area contributed by atoms with Gasteiger partial charge >= 0.3 is 5.97 Å². The van der Waals surface area contributed by atoms with Crippen LogP contribution in [0.5, 0.6) is 0 Å². The second-order valence-electron chi connectivity index (χ2n) is 4.37. The molecular formula is C13H11N5O2S. The summed E-state index contributed by atoms with van der Waals surface area (Å²) in [6, 6.07) is 9.56. The Kier molecular flexibility index (Phi) is 3.44. The second kappa shape index (κ2) is 5.41. The predicted octanol–water partition coefficient (Wildman–Crippen LogP) is 1.72. The molecule has 0 radical (unpaired) electrons. The molecule has 1 aromatic carbocycles. The molecule has 0 aliphatic carbocycles. The Morgan fingerprint density at radius 2 is 2.00 bits per heavy atom. The Morgan fingerprint density at radius 1 is 1.24 bits per heavy atom. The number of rotatable bonds is 4. The topological polar surface area (TPSA) is 93.8 Å². The van der Waals surface area contributed by atoms with Crippen molar-refractivity contribution in [1.29, 1.82) is 0 Å². The lowest BCUT2D eigenvalue weighted by Crippen LogP contribution is -2.07. The van der Waals surface area contributed by atoms with Gasteiger partial charge in [0, 0.05) is 6.42 Å². The van der Waals surface area contributed by atoms with Crippen molar-refractivity contribution in [2.24, 2.45) is 0 Å². The van der Waals surface area contributed by atoms with E-state index in [2.05, 4.69) is 20.5 Å². The molecule has 0 aliphatic heterocycles. The standard InChI is InChI=1S/C13H11N5O2S/c1-8-14-16-13(21-8)18-10(11(12(19)20)15-17-18)7-9-5-3-2-4-6-9/h2-6H,7H2,1H3,(H,19,20). The van der Waals surface area contributed by atoms with Crippen molar-refractivity contribution < 1.29 is 9.90 Å². The third-order valence-corrected chi connectivity index (χ3v) is 3.69. The summed E-state index contributed by atoms with van der Waals surface area (Å²) in [5.74, 6) is -1.10. The first-order valence-corrected chi connectivity index (χ1v) is 6.99. The largest absolute Gasteiger partial charge is 0.476 e. The number of carboxylic acid groups (broad SMARTS) is 1. The Morgan fingerprint density at radius 3 is 2.62 bits per heavy atom. The molecule has 7 nitrogen and oxygen atoms in total. The van der Waals surface area contributed by atoms with Gasteiger partial charge in [-0.3, -0.25) is 0 Å². The lowest BCUT2D eigenvalue weighted by Gasteiger charge is -2.03. The van der Waals surface area contributed by atoms with Gasteiger partial charge in [-0.2, -0.15) is 4.68 Å². The fourth-order valence-corrected chi connectivity index (χ4v) is 2.60. The van der Waals surface area contributed by atoms with E-state index in [1.54, 1.807) is 0 Å². The first kappa shape index (κ1) is 13.4. The summed E-state index contributed by atoms with van der Waals surface area (Å²) in [4.78, 5) is 11.3. The molecule has 2 heterocycles. The molecule has 0 saturated heterocycles. The molecule has 0 unspecified atom stereocenters. The average molecular weight is 301 g/mol. The Hall–Kier alpha value is -2.61. The molecule has 0 fully saturated rings. The number of hydrogen-bond donors (Lipinski definition) is 1. The molecule has 8 heteroatoms. The number of aromatic nitrogens is 5. The van der Waals surface area contributed by atoms with Gasteiger partial charge in [0.1, 0.15) is 5.01 Å². The quantitative estimate of drug-likeness (QED) is 0.788. The second-order valence-corrected chi connectivity index (χ2v) is 5.53. The van der Waals surface area contributed by atoms with Crippen LogP contribution in [0, 0.1) is 6.92 Å². The van der Waals surface area contributed by atoms with Crippen molar-refractivity contribution in [3.8, 4) is 5.13 Å². The van der Waals surface area contributed by atoms with Gasteiger partial charge < -0.3 is 5.11 Å². The van der Waals surface area contributed by atoms with Crippen molar-refractivity contribution in [3.05, 3.63) is 52.3 Å². The molecule has 0 amide bonds. The summed E-state index contributed by atoms with van der Waals surface area (Å²) in [5, 5.41) is 26.1. The smallest absolute Gasteiger partial charge is 0.358 e. The highest BCUT2D eigenvalue weighted by Crippen LogP contribution is 2.19. The summed E-state index contributed by atoms with van der Waals surface area (Å²) in [6.07, 6.45) is 0.411. The van der Waals surface area contributed by atoms with Gasteiger partial charge in [0.25, 0.3) is 0 Å². The van der Waals surface area contributed by atoms with E-state index in [0.29, 0.717) is 17.2 Å². The van der Waals surface area contributed by atoms with Gasteiger partial charge in [-0.25, -0.2) is 4.79 Å². The maximum atomic E-state index is 11.3. The van der Waals surface area contributed by atoms with Gasteiger partial charge in [0.05, 0.1) is 5.69 Å². The number of aromatic carboxylic acids is 1. The fraction of sp³-hybridized carbons (Fsp3) is 0.154. The number of benzene rings is 1. The molecule has 0 spiro atoms. The van der Waals surface area contributed by atoms with Crippen LogP contribution < -0.4 is 0 Å². The van der Waals surface area contributed by atoms with Gasteiger partial charge in [-0.05, 0) is 12.5 Å². The zero-order valence-electron chi connectivity index (χ0n) is 11.1. The maximum absolute atomic E-state index is 11.3. The number of nitrogens with zero attached hydrogens (tertiary/aromatic N) is 5. The molecule has 3 aromatic rings.